The Morgan fingerprint density at radius 2 is 2.00 bits per heavy atom. The Morgan fingerprint density at radius 3 is 2.44 bits per heavy atom. The third-order valence-electron chi connectivity index (χ3n) is 2.52. The van der Waals surface area contributed by atoms with E-state index in [2.05, 4.69) is 39.5 Å². The summed E-state index contributed by atoms with van der Waals surface area (Å²) in [5, 5.41) is 0. The van der Waals surface area contributed by atoms with Gasteiger partial charge in [0.2, 0.25) is 0 Å². The normalized spacial score (nSPS) is 19.8. The van der Waals surface area contributed by atoms with Crippen molar-refractivity contribution in [1.82, 2.24) is 0 Å². The highest BCUT2D eigenvalue weighted by Gasteiger charge is 2.15. The van der Waals surface area contributed by atoms with Crippen LogP contribution in [0.1, 0.15) is 41.0 Å². The molecule has 1 fully saturated rings. The zero-order valence-corrected chi connectivity index (χ0v) is 11.5. The average Bonchev–Trinajstić information content (AvgIpc) is 2.29. The van der Waals surface area contributed by atoms with Gasteiger partial charge < -0.3 is 4.74 Å². The first-order valence-electron chi connectivity index (χ1n) is 6.28. The minimum atomic E-state index is 0.566. The van der Waals surface area contributed by atoms with Crippen LogP contribution in [0.4, 0.5) is 0 Å². The molecule has 1 saturated heterocycles. The molecule has 0 radical (unpaired) electrons. The van der Waals surface area contributed by atoms with Gasteiger partial charge in [0, 0.05) is 0 Å². The predicted octanol–water partition coefficient (Wildman–Crippen LogP) is 4.52. The molecule has 1 aliphatic heterocycles. The van der Waals surface area contributed by atoms with E-state index in [1.165, 1.54) is 11.1 Å². The van der Waals surface area contributed by atoms with Gasteiger partial charge in [-0.3, -0.25) is 0 Å². The summed E-state index contributed by atoms with van der Waals surface area (Å²) in [6.45, 7) is 16.1. The van der Waals surface area contributed by atoms with E-state index in [1.54, 1.807) is 0 Å². The van der Waals surface area contributed by atoms with Gasteiger partial charge >= 0.3 is 0 Å². The number of hydrogen-bond donors (Lipinski definition) is 0. The van der Waals surface area contributed by atoms with Crippen LogP contribution in [0.3, 0.4) is 0 Å². The second kappa shape index (κ2) is 8.35. The first-order valence-corrected chi connectivity index (χ1v) is 6.28. The third kappa shape index (κ3) is 4.36. The summed E-state index contributed by atoms with van der Waals surface area (Å²) in [5.41, 5.74) is 3.98. The number of allylic oxidation sites excluding steroid dienone is 3. The molecule has 1 rings (SSSR count). The van der Waals surface area contributed by atoms with Crippen molar-refractivity contribution in [2.75, 3.05) is 13.2 Å². The molecule has 0 N–H and O–H groups in total. The van der Waals surface area contributed by atoms with Gasteiger partial charge in [-0.2, -0.15) is 0 Å². The minimum Gasteiger partial charge on any atom is -0.376 e. The predicted molar refractivity (Wildman–Crippen MR) is 72.6 cm³/mol. The molecule has 92 valence electrons. The monoisotopic (exact) mass is 222 g/mol. The smallest absolute Gasteiger partial charge is 0.0714 e. The Kier molecular flexibility index (Phi) is 7.92. The molecule has 0 spiro atoms. The summed E-state index contributed by atoms with van der Waals surface area (Å²) in [6, 6.07) is 0. The van der Waals surface area contributed by atoms with E-state index in [4.69, 9.17) is 4.74 Å². The van der Waals surface area contributed by atoms with Crippen molar-refractivity contribution in [1.29, 1.82) is 0 Å². The van der Waals surface area contributed by atoms with E-state index < -0.39 is 0 Å². The van der Waals surface area contributed by atoms with Crippen molar-refractivity contribution in [2.45, 2.75) is 41.0 Å². The second-order valence-electron chi connectivity index (χ2n) is 3.99. The first kappa shape index (κ1) is 15.2. The fourth-order valence-corrected chi connectivity index (χ4v) is 1.80. The Bertz CT molecular complexity index is 269. The van der Waals surface area contributed by atoms with Gasteiger partial charge in [-0.05, 0) is 36.0 Å². The van der Waals surface area contributed by atoms with E-state index >= 15 is 0 Å². The van der Waals surface area contributed by atoms with E-state index in [0.29, 0.717) is 12.5 Å². The van der Waals surface area contributed by atoms with Gasteiger partial charge in [0.1, 0.15) is 0 Å². The van der Waals surface area contributed by atoms with Gasteiger partial charge in [-0.1, -0.05) is 46.4 Å². The maximum atomic E-state index is 5.36. The summed E-state index contributed by atoms with van der Waals surface area (Å²) < 4.78 is 5.36. The Morgan fingerprint density at radius 1 is 1.38 bits per heavy atom. The molecule has 0 atom stereocenters. The van der Waals surface area contributed by atoms with E-state index in [1.807, 2.05) is 13.8 Å². The van der Waals surface area contributed by atoms with Crippen molar-refractivity contribution in [3.05, 3.63) is 35.5 Å². The third-order valence-corrected chi connectivity index (χ3v) is 2.52. The van der Waals surface area contributed by atoms with Crippen molar-refractivity contribution in [2.24, 2.45) is 5.92 Å². The van der Waals surface area contributed by atoms with E-state index in [9.17, 15) is 0 Å². The summed E-state index contributed by atoms with van der Waals surface area (Å²) in [7, 11) is 0. The maximum absolute atomic E-state index is 5.36. The molecule has 1 heterocycles. The number of rotatable bonds is 2. The average molecular weight is 222 g/mol. The molecule has 16 heavy (non-hydrogen) atoms. The highest BCUT2D eigenvalue weighted by molar-refractivity contribution is 5.40. The molecule has 0 bridgehead atoms. The van der Waals surface area contributed by atoms with Gasteiger partial charge in [0.15, 0.2) is 0 Å². The molecule has 1 heteroatoms. The SMILES string of the molecule is C=C1COCC/C1=C(/C=C\C)C(C)C.CC. The van der Waals surface area contributed by atoms with Crippen LogP contribution in [-0.2, 0) is 4.74 Å². The highest BCUT2D eigenvalue weighted by Crippen LogP contribution is 2.27. The molecular weight excluding hydrogens is 196 g/mol. The van der Waals surface area contributed by atoms with Crippen LogP contribution in [0.25, 0.3) is 0 Å². The van der Waals surface area contributed by atoms with Crippen LogP contribution < -0.4 is 0 Å². The van der Waals surface area contributed by atoms with Crippen LogP contribution in [0.15, 0.2) is 35.5 Å². The zero-order valence-electron chi connectivity index (χ0n) is 11.5. The highest BCUT2D eigenvalue weighted by atomic mass is 16.5. The molecule has 0 saturated carbocycles. The second-order valence-corrected chi connectivity index (χ2v) is 3.99. The topological polar surface area (TPSA) is 9.23 Å². The molecule has 1 nitrogen and oxygen atoms in total. The number of ether oxygens (including phenoxy) is 1. The summed E-state index contributed by atoms with van der Waals surface area (Å²) >= 11 is 0. The summed E-state index contributed by atoms with van der Waals surface area (Å²) in [5.74, 6) is 0.566. The van der Waals surface area contributed by atoms with Crippen LogP contribution in [0.5, 0.6) is 0 Å². The van der Waals surface area contributed by atoms with Crippen LogP contribution in [0.2, 0.25) is 0 Å². The fraction of sp³-hybridized carbons (Fsp3) is 0.600. The lowest BCUT2D eigenvalue weighted by Gasteiger charge is -2.22. The van der Waals surface area contributed by atoms with Crippen molar-refractivity contribution >= 4 is 0 Å². The molecule has 0 aromatic carbocycles. The quantitative estimate of drug-likeness (QED) is 0.667. The Hall–Kier alpha value is -0.820. The molecule has 0 aromatic heterocycles. The van der Waals surface area contributed by atoms with Crippen molar-refractivity contribution in [3.8, 4) is 0 Å². The molecular formula is C15H26O. The van der Waals surface area contributed by atoms with E-state index in [0.717, 1.165) is 18.6 Å². The Balaban J connectivity index is 0.00000106. The minimum absolute atomic E-state index is 0.566. The van der Waals surface area contributed by atoms with Crippen molar-refractivity contribution < 1.29 is 4.74 Å². The largest absolute Gasteiger partial charge is 0.376 e. The van der Waals surface area contributed by atoms with Gasteiger partial charge in [0.05, 0.1) is 13.2 Å². The molecule has 0 amide bonds. The Labute approximate surface area is 101 Å². The lowest BCUT2D eigenvalue weighted by Crippen LogP contribution is -2.13. The van der Waals surface area contributed by atoms with E-state index in [-0.39, 0.29) is 0 Å². The summed E-state index contributed by atoms with van der Waals surface area (Å²) in [4.78, 5) is 0. The standard InChI is InChI=1S/C13H20O.C2H6/c1-5-6-12(10(2)3)13-7-8-14-9-11(13)4;1-2/h5-6,10H,4,7-9H2,1-3H3;1-2H3/b6-5-,13-12+;. The van der Waals surface area contributed by atoms with Gasteiger partial charge in [-0.25, -0.2) is 0 Å². The van der Waals surface area contributed by atoms with Gasteiger partial charge in [0.25, 0.3) is 0 Å². The first-order chi connectivity index (χ1) is 7.66. The number of hydrogen-bond acceptors (Lipinski definition) is 1. The molecule has 1 aliphatic rings. The van der Waals surface area contributed by atoms with Crippen LogP contribution in [0, 0.1) is 5.92 Å². The summed E-state index contributed by atoms with van der Waals surface area (Å²) in [6.07, 6.45) is 5.32. The lowest BCUT2D eigenvalue weighted by molar-refractivity contribution is 0.145. The van der Waals surface area contributed by atoms with Crippen LogP contribution in [-0.4, -0.2) is 13.2 Å². The maximum Gasteiger partial charge on any atom is 0.0714 e. The lowest BCUT2D eigenvalue weighted by atomic mass is 9.90. The molecule has 0 aromatic rings. The zero-order chi connectivity index (χ0) is 12.6. The molecule has 0 aliphatic carbocycles. The van der Waals surface area contributed by atoms with Crippen LogP contribution >= 0.6 is 0 Å². The van der Waals surface area contributed by atoms with Crippen molar-refractivity contribution in [3.63, 3.8) is 0 Å². The fourth-order valence-electron chi connectivity index (χ4n) is 1.80. The molecule has 0 unspecified atom stereocenters. The van der Waals surface area contributed by atoms with Gasteiger partial charge in [-0.15, -0.1) is 0 Å².